The number of para-hydroxylation sites is 1. The molecule has 0 unspecified atom stereocenters. The monoisotopic (exact) mass is 827 g/mol. The molecule has 2 saturated heterocycles. The SMILES string of the molecule is Cc1ncsc1-c1ccc(CNC(=O)[C@@H]2C[C@@H](O)CN2C(=O)[C@@H](c2cc(-c3ccc(N4CC(c5cc6cc(-c7ccccc7O)nnc6s5)C4)nn3)no2)C(C)C)cc1. The van der Waals surface area contributed by atoms with Gasteiger partial charge in [-0.2, -0.15) is 0 Å². The molecule has 2 fully saturated rings. The number of benzene rings is 2. The molecule has 0 aliphatic carbocycles. The van der Waals surface area contributed by atoms with Gasteiger partial charge >= 0.3 is 0 Å². The zero-order valence-electron chi connectivity index (χ0n) is 32.5. The predicted molar refractivity (Wildman–Crippen MR) is 225 cm³/mol. The van der Waals surface area contributed by atoms with Crippen LogP contribution < -0.4 is 10.2 Å². The number of thiophene rings is 1. The molecule has 0 radical (unpaired) electrons. The van der Waals surface area contributed by atoms with Gasteiger partial charge in [0.1, 0.15) is 39.7 Å². The van der Waals surface area contributed by atoms with Crippen molar-refractivity contribution in [2.45, 2.75) is 57.7 Å². The van der Waals surface area contributed by atoms with E-state index in [1.165, 1.54) is 9.78 Å². The molecule has 9 rings (SSSR count). The average Bonchev–Trinajstić information content (AvgIpc) is 4.04. The fourth-order valence-corrected chi connectivity index (χ4v) is 9.66. The number of aliphatic hydroxyl groups excluding tert-OH is 1. The number of nitrogens with one attached hydrogen (secondary N) is 1. The van der Waals surface area contributed by atoms with E-state index in [4.69, 9.17) is 4.52 Å². The minimum absolute atomic E-state index is 0.0475. The summed E-state index contributed by atoms with van der Waals surface area (Å²) in [5.74, 6) is 0.0307. The summed E-state index contributed by atoms with van der Waals surface area (Å²) >= 11 is 3.21. The van der Waals surface area contributed by atoms with Gasteiger partial charge in [-0.05, 0) is 60.4 Å². The molecule has 14 nitrogen and oxygen atoms in total. The first-order chi connectivity index (χ1) is 28.6. The van der Waals surface area contributed by atoms with Gasteiger partial charge in [-0.15, -0.1) is 43.1 Å². The number of anilines is 1. The molecule has 7 aromatic rings. The number of aromatic nitrogens is 6. The van der Waals surface area contributed by atoms with Gasteiger partial charge in [0.25, 0.3) is 0 Å². The number of fused-ring (bicyclic) bond motifs is 1. The number of rotatable bonds is 11. The Hall–Kier alpha value is -6.10. The van der Waals surface area contributed by atoms with Crippen molar-refractivity contribution in [3.8, 4) is 38.8 Å². The van der Waals surface area contributed by atoms with Crippen molar-refractivity contribution in [1.82, 2.24) is 40.8 Å². The second-order valence-electron chi connectivity index (χ2n) is 15.4. The number of hydrogen-bond donors (Lipinski definition) is 3. The molecule has 0 spiro atoms. The van der Waals surface area contributed by atoms with Gasteiger partial charge in [0.2, 0.25) is 11.8 Å². The van der Waals surface area contributed by atoms with E-state index in [-0.39, 0.29) is 43.0 Å². The van der Waals surface area contributed by atoms with Crippen LogP contribution in [-0.2, 0) is 16.1 Å². The number of hydrogen-bond acceptors (Lipinski definition) is 14. The van der Waals surface area contributed by atoms with Crippen molar-refractivity contribution >= 4 is 50.5 Å². The zero-order valence-corrected chi connectivity index (χ0v) is 34.2. The third kappa shape index (κ3) is 7.66. The molecule has 2 aliphatic heterocycles. The van der Waals surface area contributed by atoms with Crippen LogP contribution in [0, 0.1) is 12.8 Å². The Morgan fingerprint density at radius 2 is 1.73 bits per heavy atom. The molecular formula is C43H41N9O5S2. The van der Waals surface area contributed by atoms with E-state index in [9.17, 15) is 19.8 Å². The molecule has 2 aromatic carbocycles. The number of amides is 2. The topological polar surface area (TPSA) is 184 Å². The van der Waals surface area contributed by atoms with E-state index in [1.54, 1.807) is 40.9 Å². The van der Waals surface area contributed by atoms with E-state index >= 15 is 0 Å². The van der Waals surface area contributed by atoms with Gasteiger partial charge in [-0.3, -0.25) is 9.59 Å². The molecule has 5 aromatic heterocycles. The summed E-state index contributed by atoms with van der Waals surface area (Å²) in [4.78, 5) is 38.8. The standard InChI is InChI=1S/C43H41N9O5S2/c1-23(2)39(43(56)52-21-29(53)16-34(52)41(55)44-18-25-8-10-26(11-9-25)40-24(3)45-22-58-40)36-17-33(50-57-36)31-12-13-38(48-46-31)51-19-28(20-51)37-15-27-14-32(47-49-42(27)59-37)30-6-4-5-7-35(30)54/h4-15,17,22-23,28-29,34,39,53-54H,16,18-21H2,1-3H3,(H,44,55)/t29-,34+,39-/m1/s1. The average molecular weight is 828 g/mol. The maximum Gasteiger partial charge on any atom is 0.243 e. The number of thiazole rings is 1. The second kappa shape index (κ2) is 15.9. The van der Waals surface area contributed by atoms with Gasteiger partial charge in [0.05, 0.1) is 27.9 Å². The fraction of sp³-hybridized carbons (Fsp3) is 0.302. The molecular weight excluding hydrogens is 787 g/mol. The van der Waals surface area contributed by atoms with Crippen molar-refractivity contribution in [3.05, 3.63) is 106 Å². The van der Waals surface area contributed by atoms with Crippen molar-refractivity contribution < 1.29 is 24.3 Å². The lowest BCUT2D eigenvalue weighted by Crippen LogP contribution is -2.48. The first-order valence-corrected chi connectivity index (χ1v) is 21.2. The Balaban J connectivity index is 0.824. The molecule has 7 heterocycles. The number of aryl methyl sites for hydroxylation is 1. The Morgan fingerprint density at radius 1 is 0.932 bits per heavy atom. The predicted octanol–water partition coefficient (Wildman–Crippen LogP) is 6.56. The highest BCUT2D eigenvalue weighted by molar-refractivity contribution is 7.18. The number of nitrogens with zero attached hydrogens (tertiary/aromatic N) is 8. The van der Waals surface area contributed by atoms with Crippen molar-refractivity contribution in [1.29, 1.82) is 0 Å². The Morgan fingerprint density at radius 3 is 2.46 bits per heavy atom. The van der Waals surface area contributed by atoms with Gasteiger partial charge in [-0.1, -0.05) is 55.4 Å². The second-order valence-corrected chi connectivity index (χ2v) is 17.4. The van der Waals surface area contributed by atoms with E-state index in [2.05, 4.69) is 46.8 Å². The highest BCUT2D eigenvalue weighted by atomic mass is 32.1. The van der Waals surface area contributed by atoms with Crippen LogP contribution in [0.5, 0.6) is 5.75 Å². The molecule has 0 saturated carbocycles. The first-order valence-electron chi connectivity index (χ1n) is 19.5. The van der Waals surface area contributed by atoms with Crippen LogP contribution in [0.25, 0.3) is 43.3 Å². The van der Waals surface area contributed by atoms with Crippen LogP contribution in [-0.4, -0.2) is 89.2 Å². The van der Waals surface area contributed by atoms with E-state index in [0.717, 1.165) is 50.8 Å². The summed E-state index contributed by atoms with van der Waals surface area (Å²) in [6.45, 7) is 7.70. The number of likely N-dealkylation sites (tertiary alicyclic amines) is 1. The van der Waals surface area contributed by atoms with Crippen LogP contribution in [0.1, 0.15) is 54.0 Å². The number of aliphatic hydroxyl groups is 1. The molecule has 2 amide bonds. The van der Waals surface area contributed by atoms with E-state index < -0.39 is 18.1 Å². The number of aromatic hydroxyl groups is 1. The third-order valence-electron chi connectivity index (χ3n) is 11.1. The third-order valence-corrected chi connectivity index (χ3v) is 13.2. The zero-order chi connectivity index (χ0) is 40.8. The number of carbonyl (C=O) groups is 2. The molecule has 3 N–H and O–H groups in total. The Bertz CT molecular complexity index is 2640. The van der Waals surface area contributed by atoms with Crippen LogP contribution in [0.2, 0.25) is 0 Å². The summed E-state index contributed by atoms with van der Waals surface area (Å²) in [5.41, 5.74) is 7.02. The lowest BCUT2D eigenvalue weighted by Gasteiger charge is -2.39. The summed E-state index contributed by atoms with van der Waals surface area (Å²) in [6, 6.07) is 23.8. The van der Waals surface area contributed by atoms with Crippen LogP contribution >= 0.6 is 22.7 Å². The smallest absolute Gasteiger partial charge is 0.243 e. The normalized spacial score (nSPS) is 17.4. The molecule has 300 valence electrons. The summed E-state index contributed by atoms with van der Waals surface area (Å²) < 4.78 is 5.77. The van der Waals surface area contributed by atoms with Gasteiger partial charge in [0, 0.05) is 60.4 Å². The van der Waals surface area contributed by atoms with Crippen LogP contribution in [0.15, 0.2) is 88.9 Å². The largest absolute Gasteiger partial charge is 0.507 e. The van der Waals surface area contributed by atoms with E-state index in [1.807, 2.05) is 80.9 Å². The lowest BCUT2D eigenvalue weighted by molar-refractivity contribution is -0.141. The summed E-state index contributed by atoms with van der Waals surface area (Å²) in [7, 11) is 0. The maximum absolute atomic E-state index is 14.2. The van der Waals surface area contributed by atoms with Crippen LogP contribution in [0.4, 0.5) is 5.82 Å². The minimum atomic E-state index is -0.825. The number of phenolic OH excluding ortho intramolecular Hbond substituents is 1. The molecule has 3 atom stereocenters. The molecule has 16 heteroatoms. The molecule has 2 aliphatic rings. The Labute approximate surface area is 347 Å². The maximum atomic E-state index is 14.2. The molecule has 0 bridgehead atoms. The highest BCUT2D eigenvalue weighted by Gasteiger charge is 2.43. The number of phenols is 1. The van der Waals surface area contributed by atoms with Crippen molar-refractivity contribution in [3.63, 3.8) is 0 Å². The Kier molecular flexibility index (Phi) is 10.4. The highest BCUT2D eigenvalue weighted by Crippen LogP contribution is 2.39. The van der Waals surface area contributed by atoms with Gasteiger partial charge in [-0.25, -0.2) is 4.98 Å². The summed E-state index contributed by atoms with van der Waals surface area (Å²) in [6.07, 6.45) is -0.679. The van der Waals surface area contributed by atoms with Gasteiger partial charge in [0.15, 0.2) is 5.82 Å². The lowest BCUT2D eigenvalue weighted by atomic mass is 9.91. The van der Waals surface area contributed by atoms with Crippen LogP contribution in [0.3, 0.4) is 0 Å². The minimum Gasteiger partial charge on any atom is -0.507 e. The fourth-order valence-electron chi connectivity index (χ4n) is 7.81. The first kappa shape index (κ1) is 38.4. The molecule has 59 heavy (non-hydrogen) atoms. The number of β-amino-alcohol motifs (C(OH)–C–C–N with tert-alkyl or cyclic N) is 1. The van der Waals surface area contributed by atoms with Crippen molar-refractivity contribution in [2.24, 2.45) is 5.92 Å². The van der Waals surface area contributed by atoms with Gasteiger partial charge < -0.3 is 29.9 Å². The van der Waals surface area contributed by atoms with E-state index in [0.29, 0.717) is 34.3 Å². The summed E-state index contributed by atoms with van der Waals surface area (Å²) in [5, 5.41) is 46.8. The quantitative estimate of drug-likeness (QED) is 0.128. The van der Waals surface area contributed by atoms with Crippen molar-refractivity contribution in [2.75, 3.05) is 24.5 Å². The number of carbonyl (C=O) groups excluding carboxylic acids is 2.